The normalized spacial score (nSPS) is 17.1. The lowest BCUT2D eigenvalue weighted by Gasteiger charge is -2.19. The highest BCUT2D eigenvalue weighted by molar-refractivity contribution is 6.31. The highest BCUT2D eigenvalue weighted by atomic mass is 35.5. The minimum atomic E-state index is -0.0166. The molecule has 144 valence electrons. The molecule has 1 saturated heterocycles. The predicted octanol–water partition coefficient (Wildman–Crippen LogP) is 3.10. The van der Waals surface area contributed by atoms with E-state index in [0.29, 0.717) is 23.8 Å². The molecule has 0 radical (unpaired) electrons. The van der Waals surface area contributed by atoms with Gasteiger partial charge < -0.3 is 10.2 Å². The molecule has 4 rings (SSSR count). The first-order valence-electron chi connectivity index (χ1n) is 9.20. The zero-order valence-electron chi connectivity index (χ0n) is 15.8. The second-order valence-electron chi connectivity index (χ2n) is 7.19. The van der Waals surface area contributed by atoms with Crippen LogP contribution in [0.3, 0.4) is 0 Å². The standard InChI is InChI=1S/C20H21ClN6O/c1-25-9-3-4-14(25)12-27-18-10-13(5-6-17(18)26(2)20(27)28)24-16-7-8-23-19(21)15(16)11-22/h5-8,10,14H,3-4,9,12H2,1-2H3,(H,23,24)/t14-/m1/s1. The van der Waals surface area contributed by atoms with E-state index in [-0.39, 0.29) is 10.8 Å². The zero-order valence-corrected chi connectivity index (χ0v) is 16.6. The van der Waals surface area contributed by atoms with Crippen molar-refractivity contribution in [2.45, 2.75) is 25.4 Å². The van der Waals surface area contributed by atoms with Crippen molar-refractivity contribution < 1.29 is 0 Å². The molecule has 1 aliphatic heterocycles. The Kier molecular flexibility index (Phi) is 4.84. The van der Waals surface area contributed by atoms with Crippen molar-refractivity contribution in [1.82, 2.24) is 19.0 Å². The van der Waals surface area contributed by atoms with E-state index in [0.717, 1.165) is 36.1 Å². The number of imidazole rings is 1. The van der Waals surface area contributed by atoms with Gasteiger partial charge in [0.2, 0.25) is 0 Å². The fraction of sp³-hybridized carbons (Fsp3) is 0.350. The van der Waals surface area contributed by atoms with Gasteiger partial charge in [0.15, 0.2) is 0 Å². The molecule has 1 N–H and O–H groups in total. The van der Waals surface area contributed by atoms with Crippen LogP contribution in [-0.4, -0.2) is 38.7 Å². The fourth-order valence-corrected chi connectivity index (χ4v) is 4.09. The number of nitrogens with zero attached hydrogens (tertiary/aromatic N) is 5. The Balaban J connectivity index is 1.74. The molecule has 1 fully saturated rings. The summed E-state index contributed by atoms with van der Waals surface area (Å²) in [6, 6.07) is 9.91. The number of rotatable bonds is 4. The van der Waals surface area contributed by atoms with E-state index in [4.69, 9.17) is 11.6 Å². The smallest absolute Gasteiger partial charge is 0.328 e. The van der Waals surface area contributed by atoms with Gasteiger partial charge in [0.1, 0.15) is 16.8 Å². The van der Waals surface area contributed by atoms with Gasteiger partial charge in [-0.2, -0.15) is 5.26 Å². The number of fused-ring (bicyclic) bond motifs is 1. The molecular formula is C20H21ClN6O. The van der Waals surface area contributed by atoms with Gasteiger partial charge in [-0.3, -0.25) is 9.13 Å². The number of aryl methyl sites for hydroxylation is 1. The van der Waals surface area contributed by atoms with Crippen LogP contribution in [0.5, 0.6) is 0 Å². The van der Waals surface area contributed by atoms with Crippen LogP contribution in [0.15, 0.2) is 35.3 Å². The number of hydrogen-bond donors (Lipinski definition) is 1. The van der Waals surface area contributed by atoms with Crippen LogP contribution in [-0.2, 0) is 13.6 Å². The van der Waals surface area contributed by atoms with Crippen LogP contribution in [0.2, 0.25) is 5.15 Å². The Bertz CT molecular complexity index is 1140. The van der Waals surface area contributed by atoms with E-state index in [1.54, 1.807) is 23.9 Å². The van der Waals surface area contributed by atoms with Crippen LogP contribution >= 0.6 is 11.6 Å². The summed E-state index contributed by atoms with van der Waals surface area (Å²) in [4.78, 5) is 19.1. The molecule has 8 heteroatoms. The van der Waals surface area contributed by atoms with Gasteiger partial charge in [0.05, 0.1) is 16.7 Å². The Morgan fingerprint density at radius 3 is 2.86 bits per heavy atom. The number of halogens is 1. The summed E-state index contributed by atoms with van der Waals surface area (Å²) in [5.74, 6) is 0. The molecule has 7 nitrogen and oxygen atoms in total. The van der Waals surface area contributed by atoms with Gasteiger partial charge in [0, 0.05) is 31.5 Å². The average molecular weight is 397 g/mol. The zero-order chi connectivity index (χ0) is 19.8. The van der Waals surface area contributed by atoms with Crippen LogP contribution in [0, 0.1) is 11.3 Å². The number of hydrogen-bond acceptors (Lipinski definition) is 5. The predicted molar refractivity (Wildman–Crippen MR) is 110 cm³/mol. The topological polar surface area (TPSA) is 78.9 Å². The number of likely N-dealkylation sites (tertiary alicyclic amines) is 1. The minimum Gasteiger partial charge on any atom is -0.354 e. The van der Waals surface area contributed by atoms with Crippen molar-refractivity contribution in [3.63, 3.8) is 0 Å². The summed E-state index contributed by atoms with van der Waals surface area (Å²) in [5.41, 5.74) is 3.40. The molecular weight excluding hydrogens is 376 g/mol. The number of nitrogens with one attached hydrogen (secondary N) is 1. The van der Waals surface area contributed by atoms with Crippen molar-refractivity contribution in [3.05, 3.63) is 51.7 Å². The van der Waals surface area contributed by atoms with E-state index in [1.165, 1.54) is 0 Å². The van der Waals surface area contributed by atoms with E-state index in [9.17, 15) is 10.1 Å². The maximum atomic E-state index is 12.8. The van der Waals surface area contributed by atoms with Crippen molar-refractivity contribution >= 4 is 34.0 Å². The molecule has 3 heterocycles. The first-order chi connectivity index (χ1) is 13.5. The molecule has 0 aliphatic carbocycles. The Morgan fingerprint density at radius 1 is 1.32 bits per heavy atom. The number of benzene rings is 1. The molecule has 0 saturated carbocycles. The van der Waals surface area contributed by atoms with Crippen LogP contribution < -0.4 is 11.0 Å². The van der Waals surface area contributed by atoms with Gasteiger partial charge >= 0.3 is 5.69 Å². The van der Waals surface area contributed by atoms with E-state index < -0.39 is 0 Å². The first-order valence-corrected chi connectivity index (χ1v) is 9.58. The van der Waals surface area contributed by atoms with Crippen molar-refractivity contribution in [1.29, 1.82) is 5.26 Å². The third kappa shape index (κ3) is 3.15. The van der Waals surface area contributed by atoms with E-state index in [2.05, 4.69) is 28.3 Å². The lowest BCUT2D eigenvalue weighted by atomic mass is 10.2. The third-order valence-electron chi connectivity index (χ3n) is 5.51. The number of likely N-dealkylation sites (N-methyl/N-ethyl adjacent to an activating group) is 1. The van der Waals surface area contributed by atoms with Crippen LogP contribution in [0.1, 0.15) is 18.4 Å². The summed E-state index contributed by atoms with van der Waals surface area (Å²) in [5, 5.41) is 12.7. The molecule has 0 spiro atoms. The highest BCUT2D eigenvalue weighted by Crippen LogP contribution is 2.27. The first kappa shape index (κ1) is 18.5. The van der Waals surface area contributed by atoms with Gasteiger partial charge in [0.25, 0.3) is 0 Å². The third-order valence-corrected chi connectivity index (χ3v) is 5.79. The SMILES string of the molecule is CN1CCC[C@@H]1Cn1c(=O)n(C)c2ccc(Nc3ccnc(Cl)c3C#N)cc21. The van der Waals surface area contributed by atoms with E-state index >= 15 is 0 Å². The molecule has 3 aromatic rings. The van der Waals surface area contributed by atoms with Gasteiger partial charge in [-0.1, -0.05) is 11.6 Å². The minimum absolute atomic E-state index is 0.0166. The monoisotopic (exact) mass is 396 g/mol. The van der Waals surface area contributed by atoms with Crippen molar-refractivity contribution in [3.8, 4) is 6.07 Å². The molecule has 1 atom stereocenters. The van der Waals surface area contributed by atoms with Gasteiger partial charge in [-0.25, -0.2) is 9.78 Å². The summed E-state index contributed by atoms with van der Waals surface area (Å²) in [6.07, 6.45) is 3.81. The number of anilines is 2. The Morgan fingerprint density at radius 2 is 2.14 bits per heavy atom. The molecule has 0 unspecified atom stereocenters. The lowest BCUT2D eigenvalue weighted by Crippen LogP contribution is -2.33. The second-order valence-corrected chi connectivity index (χ2v) is 7.55. The molecule has 28 heavy (non-hydrogen) atoms. The van der Waals surface area contributed by atoms with Crippen molar-refractivity contribution in [2.75, 3.05) is 18.9 Å². The fourth-order valence-electron chi connectivity index (χ4n) is 3.89. The lowest BCUT2D eigenvalue weighted by molar-refractivity contribution is 0.282. The van der Waals surface area contributed by atoms with Gasteiger partial charge in [-0.05, 0) is 50.7 Å². The van der Waals surface area contributed by atoms with Gasteiger partial charge in [-0.15, -0.1) is 0 Å². The second kappa shape index (κ2) is 7.30. The number of pyridine rings is 1. The Labute approximate surface area is 167 Å². The molecule has 1 aromatic carbocycles. The maximum Gasteiger partial charge on any atom is 0.328 e. The van der Waals surface area contributed by atoms with E-state index in [1.807, 2.05) is 22.8 Å². The Hall–Kier alpha value is -2.82. The highest BCUT2D eigenvalue weighted by Gasteiger charge is 2.23. The largest absolute Gasteiger partial charge is 0.354 e. The summed E-state index contributed by atoms with van der Waals surface area (Å²) in [6.45, 7) is 1.73. The summed E-state index contributed by atoms with van der Waals surface area (Å²) >= 11 is 6.02. The van der Waals surface area contributed by atoms with Crippen LogP contribution in [0.25, 0.3) is 11.0 Å². The average Bonchev–Trinajstić information content (AvgIpc) is 3.19. The summed E-state index contributed by atoms with van der Waals surface area (Å²) in [7, 11) is 3.90. The summed E-state index contributed by atoms with van der Waals surface area (Å²) < 4.78 is 3.52. The number of nitriles is 1. The molecule has 0 bridgehead atoms. The quantitative estimate of drug-likeness (QED) is 0.685. The molecule has 0 amide bonds. The van der Waals surface area contributed by atoms with Crippen molar-refractivity contribution in [2.24, 2.45) is 7.05 Å². The maximum absolute atomic E-state index is 12.8. The van der Waals surface area contributed by atoms with Crippen LogP contribution in [0.4, 0.5) is 11.4 Å². The molecule has 2 aromatic heterocycles. The number of aromatic nitrogens is 3. The molecule has 1 aliphatic rings.